The van der Waals surface area contributed by atoms with Gasteiger partial charge in [-0.25, -0.2) is 9.78 Å². The van der Waals surface area contributed by atoms with Crippen molar-refractivity contribution in [3.63, 3.8) is 0 Å². The van der Waals surface area contributed by atoms with E-state index in [9.17, 15) is 18.0 Å². The van der Waals surface area contributed by atoms with Crippen molar-refractivity contribution in [3.05, 3.63) is 65.9 Å². The largest absolute Gasteiger partial charge is 0.473 e. The van der Waals surface area contributed by atoms with Gasteiger partial charge in [0, 0.05) is 6.07 Å². The van der Waals surface area contributed by atoms with Crippen LogP contribution in [0.15, 0.2) is 49.0 Å². The summed E-state index contributed by atoms with van der Waals surface area (Å²) < 4.78 is 47.9. The number of hydrogen-bond acceptors (Lipinski definition) is 4. The summed E-state index contributed by atoms with van der Waals surface area (Å²) in [7, 11) is 1.24. The Labute approximate surface area is 136 Å². The molecule has 126 valence electrons. The summed E-state index contributed by atoms with van der Waals surface area (Å²) in [4.78, 5) is 15.0. The molecule has 4 nitrogen and oxygen atoms in total. The normalized spacial score (nSPS) is 11.0. The van der Waals surface area contributed by atoms with E-state index in [4.69, 9.17) is 4.74 Å². The van der Waals surface area contributed by atoms with Crippen molar-refractivity contribution >= 4 is 11.5 Å². The Hall–Kier alpha value is -2.83. The fraction of sp³-hybridized carbons (Fsp3) is 0.176. The molecule has 0 spiro atoms. The van der Waals surface area contributed by atoms with E-state index in [1.165, 1.54) is 19.2 Å². The van der Waals surface area contributed by atoms with Crippen LogP contribution in [0.2, 0.25) is 0 Å². The van der Waals surface area contributed by atoms with Crippen LogP contribution >= 0.6 is 0 Å². The fourth-order valence-electron chi connectivity index (χ4n) is 1.98. The van der Waals surface area contributed by atoms with Crippen molar-refractivity contribution in [2.24, 2.45) is 0 Å². The summed E-state index contributed by atoms with van der Waals surface area (Å²) in [5, 5.41) is 0. The molecule has 0 amide bonds. The molecule has 1 aromatic heterocycles. The van der Waals surface area contributed by atoms with Gasteiger partial charge < -0.3 is 9.47 Å². The molecule has 0 N–H and O–H groups in total. The molecule has 0 aliphatic carbocycles. The minimum Gasteiger partial charge on any atom is -0.473 e. The molecule has 1 aromatic carbocycles. The van der Waals surface area contributed by atoms with E-state index in [0.29, 0.717) is 11.1 Å². The first-order valence-corrected chi connectivity index (χ1v) is 6.85. The Balaban J connectivity index is 2.19. The molecule has 7 heteroatoms. The van der Waals surface area contributed by atoms with Gasteiger partial charge in [0.2, 0.25) is 5.88 Å². The van der Waals surface area contributed by atoms with Crippen molar-refractivity contribution in [3.8, 4) is 5.88 Å². The molecule has 0 fully saturated rings. The van der Waals surface area contributed by atoms with E-state index in [1.54, 1.807) is 24.3 Å². The van der Waals surface area contributed by atoms with Gasteiger partial charge in [0.15, 0.2) is 0 Å². The highest BCUT2D eigenvalue weighted by Gasteiger charge is 2.32. The summed E-state index contributed by atoms with van der Waals surface area (Å²) in [6.45, 7) is 3.59. The Morgan fingerprint density at radius 3 is 2.54 bits per heavy atom. The zero-order valence-electron chi connectivity index (χ0n) is 12.8. The number of halogens is 3. The minimum absolute atomic E-state index is 0.0690. The van der Waals surface area contributed by atoms with Crippen LogP contribution in [0, 0.1) is 0 Å². The van der Waals surface area contributed by atoms with Crippen molar-refractivity contribution in [2.75, 3.05) is 7.11 Å². The predicted octanol–water partition coefficient (Wildman–Crippen LogP) is 3.87. The number of benzene rings is 1. The maximum absolute atomic E-state index is 12.6. The first-order valence-electron chi connectivity index (χ1n) is 6.85. The van der Waals surface area contributed by atoms with E-state index in [-0.39, 0.29) is 18.1 Å². The number of pyridine rings is 1. The Kier molecular flexibility index (Phi) is 5.23. The van der Waals surface area contributed by atoms with Gasteiger partial charge in [-0.2, -0.15) is 13.2 Å². The van der Waals surface area contributed by atoms with Gasteiger partial charge in [-0.3, -0.25) is 0 Å². The predicted molar refractivity (Wildman–Crippen MR) is 81.1 cm³/mol. The molecule has 2 aromatic rings. The molecule has 0 aliphatic heterocycles. The molecule has 0 unspecified atom stereocenters. The first-order chi connectivity index (χ1) is 11.3. The van der Waals surface area contributed by atoms with Gasteiger partial charge >= 0.3 is 12.1 Å². The van der Waals surface area contributed by atoms with Crippen LogP contribution in [-0.4, -0.2) is 18.1 Å². The van der Waals surface area contributed by atoms with Gasteiger partial charge in [-0.1, -0.05) is 36.9 Å². The standard InChI is InChI=1S/C17H14F3NO3/c1-11(16(22)23-2)13-7-4-3-6-12(13)10-24-15-9-5-8-14(21-15)17(18,19)20/h3-9H,1,10H2,2H3. The second-order valence-corrected chi connectivity index (χ2v) is 4.77. The van der Waals surface area contributed by atoms with Crippen molar-refractivity contribution in [1.29, 1.82) is 0 Å². The van der Waals surface area contributed by atoms with Gasteiger partial charge in [-0.05, 0) is 17.2 Å². The van der Waals surface area contributed by atoms with Crippen LogP contribution in [-0.2, 0) is 22.3 Å². The van der Waals surface area contributed by atoms with Crippen LogP contribution in [0.5, 0.6) is 5.88 Å². The molecule has 0 saturated heterocycles. The number of ether oxygens (including phenoxy) is 2. The highest BCUT2D eigenvalue weighted by Crippen LogP contribution is 2.29. The monoisotopic (exact) mass is 337 g/mol. The summed E-state index contributed by atoms with van der Waals surface area (Å²) >= 11 is 0. The number of aromatic nitrogens is 1. The molecular formula is C17H14F3NO3. The van der Waals surface area contributed by atoms with Crippen LogP contribution in [0.4, 0.5) is 13.2 Å². The fourth-order valence-corrected chi connectivity index (χ4v) is 1.98. The number of alkyl halides is 3. The number of carbonyl (C=O) groups excluding carboxylic acids is 1. The summed E-state index contributed by atoms with van der Waals surface area (Å²) in [5.74, 6) is -0.761. The third-order valence-corrected chi connectivity index (χ3v) is 3.16. The molecule has 0 saturated carbocycles. The van der Waals surface area contributed by atoms with E-state index in [1.807, 2.05) is 0 Å². The summed E-state index contributed by atoms with van der Waals surface area (Å²) in [6, 6.07) is 10.1. The Morgan fingerprint density at radius 1 is 1.17 bits per heavy atom. The van der Waals surface area contributed by atoms with Gasteiger partial charge in [0.25, 0.3) is 0 Å². The van der Waals surface area contributed by atoms with Crippen LogP contribution in [0.1, 0.15) is 16.8 Å². The molecule has 1 heterocycles. The second kappa shape index (κ2) is 7.16. The van der Waals surface area contributed by atoms with Crippen LogP contribution in [0.3, 0.4) is 0 Å². The van der Waals surface area contributed by atoms with Crippen molar-refractivity contribution < 1.29 is 27.4 Å². The second-order valence-electron chi connectivity index (χ2n) is 4.77. The topological polar surface area (TPSA) is 48.4 Å². The quantitative estimate of drug-likeness (QED) is 0.614. The number of esters is 1. The van der Waals surface area contributed by atoms with E-state index >= 15 is 0 Å². The third-order valence-electron chi connectivity index (χ3n) is 3.16. The Morgan fingerprint density at radius 2 is 1.88 bits per heavy atom. The van der Waals surface area contributed by atoms with Crippen molar-refractivity contribution in [1.82, 2.24) is 4.98 Å². The maximum atomic E-state index is 12.6. The summed E-state index contributed by atoms with van der Waals surface area (Å²) in [6.07, 6.45) is -4.55. The highest BCUT2D eigenvalue weighted by atomic mass is 19.4. The van der Waals surface area contributed by atoms with E-state index < -0.39 is 17.8 Å². The lowest BCUT2D eigenvalue weighted by Crippen LogP contribution is -2.10. The zero-order valence-corrected chi connectivity index (χ0v) is 12.8. The lowest BCUT2D eigenvalue weighted by atomic mass is 10.0. The molecular weight excluding hydrogens is 323 g/mol. The van der Waals surface area contributed by atoms with Crippen LogP contribution in [0.25, 0.3) is 5.57 Å². The lowest BCUT2D eigenvalue weighted by molar-refractivity contribution is -0.141. The molecule has 2 rings (SSSR count). The molecule has 0 aliphatic rings. The highest BCUT2D eigenvalue weighted by molar-refractivity contribution is 6.15. The number of rotatable bonds is 5. The van der Waals surface area contributed by atoms with Crippen molar-refractivity contribution in [2.45, 2.75) is 12.8 Å². The number of carbonyl (C=O) groups is 1. The number of methoxy groups -OCH3 is 1. The minimum atomic E-state index is -4.55. The van der Waals surface area contributed by atoms with Gasteiger partial charge in [0.1, 0.15) is 12.3 Å². The average Bonchev–Trinajstić information content (AvgIpc) is 2.58. The number of nitrogens with zero attached hydrogens (tertiary/aromatic N) is 1. The smallest absolute Gasteiger partial charge is 0.433 e. The first kappa shape index (κ1) is 17.5. The third kappa shape index (κ3) is 4.13. The number of hydrogen-bond donors (Lipinski definition) is 0. The molecule has 0 atom stereocenters. The van der Waals surface area contributed by atoms with Crippen LogP contribution < -0.4 is 4.74 Å². The van der Waals surface area contributed by atoms with E-state index in [2.05, 4.69) is 16.3 Å². The SMILES string of the molecule is C=C(C(=O)OC)c1ccccc1COc1cccc(C(F)(F)F)n1. The molecule has 0 bridgehead atoms. The zero-order chi connectivity index (χ0) is 17.7. The Bertz CT molecular complexity index is 757. The van der Waals surface area contributed by atoms with Gasteiger partial charge in [-0.15, -0.1) is 0 Å². The summed E-state index contributed by atoms with van der Waals surface area (Å²) in [5.41, 5.74) is 0.171. The average molecular weight is 337 g/mol. The van der Waals surface area contributed by atoms with E-state index in [0.717, 1.165) is 6.07 Å². The maximum Gasteiger partial charge on any atom is 0.433 e. The lowest BCUT2D eigenvalue weighted by Gasteiger charge is -2.12. The van der Waals surface area contributed by atoms with Gasteiger partial charge in [0.05, 0.1) is 12.7 Å². The molecule has 0 radical (unpaired) electrons. The molecule has 24 heavy (non-hydrogen) atoms.